The third-order valence-electron chi connectivity index (χ3n) is 11.4. The van der Waals surface area contributed by atoms with Gasteiger partial charge in [-0.25, -0.2) is 0 Å². The zero-order chi connectivity index (χ0) is 40.3. The van der Waals surface area contributed by atoms with Crippen molar-refractivity contribution in [1.29, 1.82) is 0 Å². The number of hydrogen-bond donors (Lipinski definition) is 0. The Hall–Kier alpha value is -1.59. The molecule has 1 unspecified atom stereocenters. The summed E-state index contributed by atoms with van der Waals surface area (Å²) in [4.78, 5) is 37.8. The van der Waals surface area contributed by atoms with Crippen LogP contribution in [0.25, 0.3) is 0 Å². The van der Waals surface area contributed by atoms with E-state index in [1.807, 2.05) is 0 Å². The second kappa shape index (κ2) is 43.5. The Bertz CT molecular complexity index is 828. The van der Waals surface area contributed by atoms with Crippen molar-refractivity contribution >= 4 is 17.9 Å². The lowest BCUT2D eigenvalue weighted by atomic mass is 10.00. The lowest BCUT2D eigenvalue weighted by Gasteiger charge is -2.18. The van der Waals surface area contributed by atoms with Crippen molar-refractivity contribution in [3.63, 3.8) is 0 Å². The van der Waals surface area contributed by atoms with Crippen LogP contribution < -0.4 is 0 Å². The molecule has 0 aliphatic carbocycles. The first-order valence-electron chi connectivity index (χ1n) is 24.4. The van der Waals surface area contributed by atoms with Gasteiger partial charge in [0.1, 0.15) is 13.2 Å². The lowest BCUT2D eigenvalue weighted by Crippen LogP contribution is -2.30. The predicted octanol–water partition coefficient (Wildman–Crippen LogP) is 15.5. The molecule has 6 heteroatoms. The van der Waals surface area contributed by atoms with Crippen LogP contribution in [-0.4, -0.2) is 37.2 Å². The minimum absolute atomic E-state index is 0.0639. The fourth-order valence-electron chi connectivity index (χ4n) is 7.30. The topological polar surface area (TPSA) is 78.9 Å². The Balaban J connectivity index is 4.28. The smallest absolute Gasteiger partial charge is 0.306 e. The van der Waals surface area contributed by atoms with Gasteiger partial charge in [0, 0.05) is 19.3 Å². The van der Waals surface area contributed by atoms with Crippen LogP contribution >= 0.6 is 0 Å². The highest BCUT2D eigenvalue weighted by atomic mass is 16.6. The predicted molar refractivity (Wildman–Crippen MR) is 233 cm³/mol. The molecule has 0 aromatic heterocycles. The fraction of sp³-hybridized carbons (Fsp3) is 0.939. The van der Waals surface area contributed by atoms with Crippen LogP contribution in [0.15, 0.2) is 0 Å². The monoisotopic (exact) mass is 779 g/mol. The summed E-state index contributed by atoms with van der Waals surface area (Å²) < 4.78 is 16.7. The molecular formula is C49H94O6. The van der Waals surface area contributed by atoms with Crippen LogP contribution in [0.2, 0.25) is 0 Å². The molecule has 2 atom stereocenters. The van der Waals surface area contributed by atoms with Gasteiger partial charge in [-0.05, 0) is 25.2 Å². The summed E-state index contributed by atoms with van der Waals surface area (Å²) in [5, 5.41) is 0. The Morgan fingerprint density at radius 2 is 0.636 bits per heavy atom. The van der Waals surface area contributed by atoms with E-state index >= 15 is 0 Å². The number of hydrogen-bond acceptors (Lipinski definition) is 6. The summed E-state index contributed by atoms with van der Waals surface area (Å²) in [6.45, 7) is 8.98. The highest BCUT2D eigenvalue weighted by Crippen LogP contribution is 2.17. The number of rotatable bonds is 44. The van der Waals surface area contributed by atoms with Crippen molar-refractivity contribution in [1.82, 2.24) is 0 Å². The summed E-state index contributed by atoms with van der Waals surface area (Å²) in [7, 11) is 0. The van der Waals surface area contributed by atoms with Crippen LogP contribution in [0, 0.1) is 5.92 Å². The van der Waals surface area contributed by atoms with Crippen LogP contribution in [0.4, 0.5) is 0 Å². The molecule has 0 aromatic rings. The molecule has 326 valence electrons. The molecule has 0 aliphatic heterocycles. The summed E-state index contributed by atoms with van der Waals surface area (Å²) in [5.41, 5.74) is 0. The van der Waals surface area contributed by atoms with Gasteiger partial charge < -0.3 is 14.2 Å². The minimum Gasteiger partial charge on any atom is -0.462 e. The molecule has 0 amide bonds. The van der Waals surface area contributed by atoms with Gasteiger partial charge in [-0.15, -0.1) is 0 Å². The first-order chi connectivity index (χ1) is 26.9. The minimum atomic E-state index is -0.760. The van der Waals surface area contributed by atoms with E-state index in [1.165, 1.54) is 167 Å². The SMILES string of the molecule is CCCCCCCCCCCCCCCCCCC(=O)OC[C@@H](COC(=O)CCCCCCCCC(C)CC)OC(=O)CCCCCCCCCCCCC. The molecule has 0 N–H and O–H groups in total. The molecule has 0 aliphatic rings. The summed E-state index contributed by atoms with van der Waals surface area (Å²) in [5.74, 6) is -0.0383. The molecule has 0 radical (unpaired) electrons. The van der Waals surface area contributed by atoms with Gasteiger partial charge in [0.25, 0.3) is 0 Å². The van der Waals surface area contributed by atoms with Gasteiger partial charge in [-0.1, -0.05) is 233 Å². The van der Waals surface area contributed by atoms with Gasteiger partial charge in [-0.2, -0.15) is 0 Å². The van der Waals surface area contributed by atoms with Crippen LogP contribution in [0.5, 0.6) is 0 Å². The van der Waals surface area contributed by atoms with E-state index in [2.05, 4.69) is 27.7 Å². The number of carbonyl (C=O) groups is 3. The zero-order valence-electron chi connectivity index (χ0n) is 37.4. The third-order valence-corrected chi connectivity index (χ3v) is 11.4. The van der Waals surface area contributed by atoms with E-state index in [0.29, 0.717) is 19.3 Å². The van der Waals surface area contributed by atoms with Crippen molar-refractivity contribution in [3.8, 4) is 0 Å². The largest absolute Gasteiger partial charge is 0.462 e. The van der Waals surface area contributed by atoms with Gasteiger partial charge in [0.15, 0.2) is 6.10 Å². The van der Waals surface area contributed by atoms with Gasteiger partial charge in [-0.3, -0.25) is 14.4 Å². The van der Waals surface area contributed by atoms with Crippen LogP contribution in [0.1, 0.15) is 272 Å². The molecule has 6 nitrogen and oxygen atoms in total. The van der Waals surface area contributed by atoms with Gasteiger partial charge in [0.2, 0.25) is 0 Å². The molecule has 0 fully saturated rings. The molecule has 0 saturated heterocycles. The first-order valence-corrected chi connectivity index (χ1v) is 24.4. The fourth-order valence-corrected chi connectivity index (χ4v) is 7.30. The highest BCUT2D eigenvalue weighted by Gasteiger charge is 2.19. The highest BCUT2D eigenvalue weighted by molar-refractivity contribution is 5.71. The van der Waals surface area contributed by atoms with E-state index in [4.69, 9.17) is 14.2 Å². The number of carbonyl (C=O) groups excluding carboxylic acids is 3. The van der Waals surface area contributed by atoms with E-state index in [1.54, 1.807) is 0 Å². The van der Waals surface area contributed by atoms with Gasteiger partial charge in [0.05, 0.1) is 0 Å². The number of unbranched alkanes of at least 4 members (excludes halogenated alkanes) is 30. The summed E-state index contributed by atoms with van der Waals surface area (Å²) in [6.07, 6.45) is 43.7. The molecule has 0 rings (SSSR count). The maximum Gasteiger partial charge on any atom is 0.306 e. The lowest BCUT2D eigenvalue weighted by molar-refractivity contribution is -0.167. The van der Waals surface area contributed by atoms with Crippen molar-refractivity contribution < 1.29 is 28.6 Å². The Morgan fingerprint density at radius 1 is 0.364 bits per heavy atom. The van der Waals surface area contributed by atoms with Crippen molar-refractivity contribution in [3.05, 3.63) is 0 Å². The summed E-state index contributed by atoms with van der Waals surface area (Å²) in [6, 6.07) is 0. The van der Waals surface area contributed by atoms with Gasteiger partial charge >= 0.3 is 17.9 Å². The first kappa shape index (κ1) is 53.4. The van der Waals surface area contributed by atoms with E-state index in [9.17, 15) is 14.4 Å². The molecule has 0 bridgehead atoms. The average molecular weight is 779 g/mol. The van der Waals surface area contributed by atoms with Crippen molar-refractivity contribution in [2.45, 2.75) is 278 Å². The van der Waals surface area contributed by atoms with E-state index in [-0.39, 0.29) is 31.1 Å². The van der Waals surface area contributed by atoms with Crippen LogP contribution in [0.3, 0.4) is 0 Å². The molecule has 0 aromatic carbocycles. The maximum atomic E-state index is 12.7. The van der Waals surface area contributed by atoms with E-state index in [0.717, 1.165) is 63.7 Å². The normalized spacial score (nSPS) is 12.4. The molecule has 55 heavy (non-hydrogen) atoms. The van der Waals surface area contributed by atoms with Crippen molar-refractivity contribution in [2.24, 2.45) is 5.92 Å². The van der Waals surface area contributed by atoms with Crippen LogP contribution in [-0.2, 0) is 28.6 Å². The summed E-state index contributed by atoms with van der Waals surface area (Å²) >= 11 is 0. The number of esters is 3. The zero-order valence-corrected chi connectivity index (χ0v) is 37.4. The maximum absolute atomic E-state index is 12.7. The molecule has 0 saturated carbocycles. The van der Waals surface area contributed by atoms with Crippen molar-refractivity contribution in [2.75, 3.05) is 13.2 Å². The second-order valence-corrected chi connectivity index (χ2v) is 17.0. The Labute approximate surface area is 342 Å². The average Bonchev–Trinajstić information content (AvgIpc) is 3.18. The quantitative estimate of drug-likeness (QED) is 0.0348. The van der Waals surface area contributed by atoms with E-state index < -0.39 is 6.10 Å². The molecule has 0 heterocycles. The third kappa shape index (κ3) is 41.9. The number of ether oxygens (including phenoxy) is 3. The standard InChI is InChI=1S/C49H94O6/c1-5-8-10-12-14-16-18-19-20-21-22-24-25-27-32-36-40-47(50)53-43-46(44-54-48(51)41-37-33-30-29-31-35-39-45(4)7-3)55-49(52)42-38-34-28-26-23-17-15-13-11-9-6-2/h45-46H,5-44H2,1-4H3/t45?,46-/m0/s1. The Kier molecular flexibility index (Phi) is 42.3. The molecular weight excluding hydrogens is 685 g/mol. The Morgan fingerprint density at radius 3 is 0.945 bits per heavy atom. The second-order valence-electron chi connectivity index (χ2n) is 17.0. The molecule has 0 spiro atoms.